The number of amides is 8. The lowest BCUT2D eigenvalue weighted by molar-refractivity contribution is -0.139. The Hall–Kier alpha value is -7.77. The number of guanidine groups is 1. The van der Waals surface area contributed by atoms with E-state index in [1.54, 1.807) is 36.5 Å². The van der Waals surface area contributed by atoms with Gasteiger partial charge in [-0.15, -0.1) is 0 Å². The van der Waals surface area contributed by atoms with E-state index in [9.17, 15) is 33.6 Å². The van der Waals surface area contributed by atoms with Gasteiger partial charge in [-0.3, -0.25) is 43.3 Å². The molecule has 0 bridgehead atoms. The number of H-pyrrole nitrogens is 1. The van der Waals surface area contributed by atoms with E-state index in [2.05, 4.69) is 61.0 Å². The van der Waals surface area contributed by atoms with Crippen LogP contribution < -0.4 is 54.4 Å². The summed E-state index contributed by atoms with van der Waals surface area (Å²) < 4.78 is 0. The summed E-state index contributed by atoms with van der Waals surface area (Å²) in [5.41, 5.74) is 20.5. The van der Waals surface area contributed by atoms with Crippen LogP contribution in [0.1, 0.15) is 119 Å². The van der Waals surface area contributed by atoms with Crippen molar-refractivity contribution >= 4 is 64.1 Å². The van der Waals surface area contributed by atoms with Crippen LogP contribution in [0, 0.1) is 0 Å². The molecule has 8 amide bonds. The number of aromatic nitrogens is 1. The van der Waals surface area contributed by atoms with E-state index in [1.807, 2.05) is 49.4 Å². The van der Waals surface area contributed by atoms with Crippen molar-refractivity contribution in [3.63, 3.8) is 0 Å². The highest BCUT2D eigenvalue weighted by atomic mass is 16.2. The van der Waals surface area contributed by atoms with Gasteiger partial charge in [0.1, 0.15) is 35.7 Å². The quantitative estimate of drug-likeness (QED) is 0.0496. The van der Waals surface area contributed by atoms with E-state index < -0.39 is 89.4 Å². The first kappa shape index (κ1) is 56.5. The SMILES string of the molecule is CCCCC(=O)NC1CC(=O)NCCCC[C@@H](C(N)=O)NC(=O)[C@H](Cc2c[nH]c3ccccc23)NC(=O)[C@H](CCCN=C(N)N)NC(=O)[C@@H](Cc2ccccc2)NC(=O)C2(CCc3c(cccc3C(C)C)C2)NC1=O. The molecule has 20 nitrogen and oxygen atoms in total. The van der Waals surface area contributed by atoms with E-state index in [1.165, 1.54) is 0 Å². The molecule has 6 rings (SSSR count). The van der Waals surface area contributed by atoms with Crippen molar-refractivity contribution in [2.24, 2.45) is 22.2 Å². The Morgan fingerprint density at radius 3 is 2.23 bits per heavy atom. The molecule has 75 heavy (non-hydrogen) atoms. The number of primary amides is 1. The summed E-state index contributed by atoms with van der Waals surface area (Å²) in [5.74, 6) is -5.52. The predicted molar refractivity (Wildman–Crippen MR) is 285 cm³/mol. The summed E-state index contributed by atoms with van der Waals surface area (Å²) >= 11 is 0. The molecule has 2 unspecified atom stereocenters. The number of carbonyl (C=O) groups excluding carboxylic acids is 8. The van der Waals surface area contributed by atoms with Crippen LogP contribution in [-0.4, -0.2) is 107 Å². The summed E-state index contributed by atoms with van der Waals surface area (Å²) in [6.45, 7) is 6.29. The van der Waals surface area contributed by atoms with Crippen molar-refractivity contribution in [2.75, 3.05) is 13.1 Å². The molecule has 6 atom stereocenters. The summed E-state index contributed by atoms with van der Waals surface area (Å²) in [6, 6.07) is 15.7. The topological polar surface area (TPSA) is 327 Å². The molecule has 4 aromatic rings. The number of nitrogens with zero attached hydrogens (tertiary/aromatic N) is 1. The maximum atomic E-state index is 15.4. The number of rotatable bonds is 14. The van der Waals surface area contributed by atoms with Gasteiger partial charge in [0.05, 0.1) is 6.42 Å². The standard InChI is InChI=1S/C55H74N12O8/c1-4-5-23-46(68)62-45-30-47(69)59-26-12-11-21-41(48(56)70)63-51(73)44(29-36-32-61-40-20-10-9-18-39(36)40)65-49(71)42(22-14-27-60-54(57)58)64-50(72)43(28-34-15-7-6-8-16-34)66-53(75)55(67-52(45)74)25-24-38-35(31-55)17-13-19-37(38)33(2)3/h6-10,13,15-20,32-33,41-45,61H,4-5,11-12,14,21-31H2,1-3H3,(H2,56,70)(H,59,69)(H,62,68)(H,63,73)(H,64,72)(H,65,71)(H,66,75)(H,67,74)(H4,57,58,60)/t41-,42-,43+,44-,45?,55?/m0/s1. The Morgan fingerprint density at radius 1 is 0.787 bits per heavy atom. The monoisotopic (exact) mass is 1030 g/mol. The maximum absolute atomic E-state index is 15.4. The summed E-state index contributed by atoms with van der Waals surface area (Å²) in [4.78, 5) is 121. The number of unbranched alkanes of at least 4 members (excludes halogenated alkanes) is 1. The number of nitrogens with one attached hydrogen (secondary N) is 8. The minimum absolute atomic E-state index is 0.0151. The Morgan fingerprint density at radius 2 is 1.49 bits per heavy atom. The molecule has 0 saturated carbocycles. The van der Waals surface area contributed by atoms with Gasteiger partial charge < -0.3 is 59.4 Å². The van der Waals surface area contributed by atoms with Crippen molar-refractivity contribution in [3.8, 4) is 0 Å². The molecule has 1 aliphatic carbocycles. The molecule has 1 fully saturated rings. The maximum Gasteiger partial charge on any atom is 0.246 e. The number of fused-ring (bicyclic) bond motifs is 2. The van der Waals surface area contributed by atoms with Gasteiger partial charge >= 0.3 is 0 Å². The lowest BCUT2D eigenvalue weighted by atomic mass is 9.74. The van der Waals surface area contributed by atoms with Gasteiger partial charge in [-0.1, -0.05) is 93.9 Å². The number of hydrogen-bond acceptors (Lipinski definition) is 9. The van der Waals surface area contributed by atoms with Crippen LogP contribution in [0.3, 0.4) is 0 Å². The van der Waals surface area contributed by atoms with E-state index in [-0.39, 0.29) is 76.3 Å². The van der Waals surface area contributed by atoms with Gasteiger partial charge in [-0.05, 0) is 91.2 Å². The van der Waals surface area contributed by atoms with Gasteiger partial charge in [0.2, 0.25) is 47.3 Å². The van der Waals surface area contributed by atoms with Crippen LogP contribution in [-0.2, 0) is 64.0 Å². The second kappa shape index (κ2) is 27.0. The molecular weight excluding hydrogens is 957 g/mol. The minimum atomic E-state index is -1.69. The third-order valence-electron chi connectivity index (χ3n) is 13.9. The predicted octanol–water partition coefficient (Wildman–Crippen LogP) is 1.96. The first-order valence-electron chi connectivity index (χ1n) is 26.1. The highest BCUT2D eigenvalue weighted by molar-refractivity contribution is 6.00. The van der Waals surface area contributed by atoms with Crippen molar-refractivity contribution < 1.29 is 38.4 Å². The van der Waals surface area contributed by atoms with E-state index in [0.29, 0.717) is 43.2 Å². The number of aromatic amines is 1. The van der Waals surface area contributed by atoms with Gasteiger partial charge in [-0.25, -0.2) is 0 Å². The zero-order valence-electron chi connectivity index (χ0n) is 43.2. The molecular formula is C55H74N12O8. The van der Waals surface area contributed by atoms with Crippen molar-refractivity contribution in [1.82, 2.24) is 42.2 Å². The molecule has 20 heteroatoms. The van der Waals surface area contributed by atoms with E-state index in [4.69, 9.17) is 17.2 Å². The number of para-hydroxylation sites is 1. The van der Waals surface area contributed by atoms with Crippen molar-refractivity contribution in [3.05, 3.63) is 107 Å². The van der Waals surface area contributed by atoms with E-state index in [0.717, 1.165) is 27.6 Å². The van der Waals surface area contributed by atoms with Crippen LogP contribution in [0.2, 0.25) is 0 Å². The fraction of sp³-hybridized carbons (Fsp3) is 0.473. The number of nitrogens with two attached hydrogens (primary N) is 3. The summed E-state index contributed by atoms with van der Waals surface area (Å²) in [5, 5.41) is 20.7. The van der Waals surface area contributed by atoms with Crippen LogP contribution in [0.4, 0.5) is 0 Å². The second-order valence-corrected chi connectivity index (χ2v) is 20.0. The molecule has 1 saturated heterocycles. The molecule has 14 N–H and O–H groups in total. The molecule has 1 aromatic heterocycles. The molecule has 1 spiro atoms. The van der Waals surface area contributed by atoms with Gasteiger partial charge in [0.25, 0.3) is 0 Å². The van der Waals surface area contributed by atoms with Crippen LogP contribution in [0.25, 0.3) is 10.9 Å². The van der Waals surface area contributed by atoms with Crippen molar-refractivity contribution in [2.45, 2.75) is 152 Å². The highest BCUT2D eigenvalue weighted by Gasteiger charge is 2.46. The van der Waals surface area contributed by atoms with Gasteiger partial charge in [0, 0.05) is 55.9 Å². The Balaban J connectivity index is 1.42. The minimum Gasteiger partial charge on any atom is -0.370 e. The fourth-order valence-corrected chi connectivity index (χ4v) is 9.83. The summed E-state index contributed by atoms with van der Waals surface area (Å²) in [6.07, 6.45) is 3.96. The number of aliphatic imine (C=N–C) groups is 1. The molecule has 1 aliphatic heterocycles. The second-order valence-electron chi connectivity index (χ2n) is 20.0. The molecule has 2 aliphatic rings. The fourth-order valence-electron chi connectivity index (χ4n) is 9.83. The van der Waals surface area contributed by atoms with Crippen molar-refractivity contribution in [1.29, 1.82) is 0 Å². The lowest BCUT2D eigenvalue weighted by Gasteiger charge is -2.40. The number of hydrogen-bond donors (Lipinski definition) is 11. The third kappa shape index (κ3) is 15.9. The largest absolute Gasteiger partial charge is 0.370 e. The molecule has 402 valence electrons. The Labute approximate surface area is 437 Å². The van der Waals surface area contributed by atoms with Gasteiger partial charge in [0.15, 0.2) is 5.96 Å². The first-order chi connectivity index (χ1) is 36.0. The number of carbonyl (C=O) groups is 8. The van der Waals surface area contributed by atoms with Gasteiger partial charge in [-0.2, -0.15) is 0 Å². The molecule has 3 aromatic carbocycles. The smallest absolute Gasteiger partial charge is 0.246 e. The Kier molecular flexibility index (Phi) is 20.3. The normalized spacial score (nSPS) is 22.6. The highest BCUT2D eigenvalue weighted by Crippen LogP contribution is 2.34. The Bertz CT molecular complexity index is 2700. The first-order valence-corrected chi connectivity index (χ1v) is 26.1. The summed E-state index contributed by atoms with van der Waals surface area (Å²) in [7, 11) is 0. The third-order valence-corrected chi connectivity index (χ3v) is 13.9. The van der Waals surface area contributed by atoms with Crippen LogP contribution in [0.5, 0.6) is 0 Å². The van der Waals surface area contributed by atoms with E-state index >= 15 is 4.79 Å². The van der Waals surface area contributed by atoms with Crippen LogP contribution in [0.15, 0.2) is 84.0 Å². The average molecular weight is 1030 g/mol. The lowest BCUT2D eigenvalue weighted by Crippen LogP contribution is -2.67. The molecule has 2 heterocycles. The zero-order chi connectivity index (χ0) is 54.1. The zero-order valence-corrected chi connectivity index (χ0v) is 43.2. The number of benzene rings is 3. The van der Waals surface area contributed by atoms with Crippen LogP contribution >= 0.6 is 0 Å². The average Bonchev–Trinajstić information content (AvgIpc) is 3.79. The molecule has 0 radical (unpaired) electrons.